The van der Waals surface area contributed by atoms with Crippen LogP contribution in [0.1, 0.15) is 11.1 Å². The summed E-state index contributed by atoms with van der Waals surface area (Å²) in [4.78, 5) is 13.1. The van der Waals surface area contributed by atoms with E-state index in [4.69, 9.17) is 0 Å². The quantitative estimate of drug-likeness (QED) is 0.815. The fraction of sp³-hybridized carbons (Fsp3) is 0.278. The topological polar surface area (TPSA) is 42.8 Å². The summed E-state index contributed by atoms with van der Waals surface area (Å²) in [6.45, 7) is 0.250. The van der Waals surface area contributed by atoms with Gasteiger partial charge < -0.3 is 15.0 Å². The molecule has 1 atom stereocenters. The van der Waals surface area contributed by atoms with Gasteiger partial charge in [-0.1, -0.05) is 24.3 Å². The van der Waals surface area contributed by atoms with Crippen LogP contribution in [0.4, 0.5) is 14.5 Å². The van der Waals surface area contributed by atoms with Crippen LogP contribution in [-0.4, -0.2) is 26.1 Å². The molecule has 24 heavy (non-hydrogen) atoms. The molecule has 1 amide bonds. The standard InChI is InChI=1S/C18H20F2N2O2/c1-13-5-3-4-6-14(13)11-22(2)12-17(23)21-15-7-9-16(10-8-15)24-18(19)20/h3-10,18H,11-12H2,1-2H3,(H,21,23)/p+1. The number of carbonyl (C=O) groups excluding carboxylic acids is 1. The number of alkyl halides is 2. The highest BCUT2D eigenvalue weighted by molar-refractivity contribution is 5.91. The van der Waals surface area contributed by atoms with E-state index in [9.17, 15) is 13.6 Å². The van der Waals surface area contributed by atoms with Crippen molar-refractivity contribution < 1.29 is 23.2 Å². The molecule has 0 saturated heterocycles. The van der Waals surface area contributed by atoms with Gasteiger partial charge in [0.2, 0.25) is 0 Å². The van der Waals surface area contributed by atoms with Crippen molar-refractivity contribution in [2.45, 2.75) is 20.1 Å². The lowest BCUT2D eigenvalue weighted by molar-refractivity contribution is -0.885. The molecule has 0 spiro atoms. The lowest BCUT2D eigenvalue weighted by atomic mass is 10.1. The van der Waals surface area contributed by atoms with Crippen LogP contribution in [-0.2, 0) is 11.3 Å². The van der Waals surface area contributed by atoms with Gasteiger partial charge in [-0.25, -0.2) is 0 Å². The van der Waals surface area contributed by atoms with Crippen molar-refractivity contribution in [3.8, 4) is 5.75 Å². The van der Waals surface area contributed by atoms with E-state index in [0.29, 0.717) is 12.2 Å². The molecule has 128 valence electrons. The zero-order valence-electron chi connectivity index (χ0n) is 13.7. The monoisotopic (exact) mass is 335 g/mol. The average Bonchev–Trinajstić information content (AvgIpc) is 2.51. The average molecular weight is 335 g/mol. The van der Waals surface area contributed by atoms with E-state index in [-0.39, 0.29) is 11.7 Å². The Hall–Kier alpha value is -2.47. The third kappa shape index (κ3) is 5.62. The van der Waals surface area contributed by atoms with E-state index in [1.807, 2.05) is 32.2 Å². The molecule has 0 radical (unpaired) electrons. The van der Waals surface area contributed by atoms with Crippen LogP contribution < -0.4 is 15.0 Å². The Bertz CT molecular complexity index is 675. The van der Waals surface area contributed by atoms with Crippen molar-refractivity contribution in [2.75, 3.05) is 18.9 Å². The SMILES string of the molecule is Cc1ccccc1C[NH+](C)CC(=O)Nc1ccc(OC(F)F)cc1. The molecule has 6 heteroatoms. The lowest BCUT2D eigenvalue weighted by Crippen LogP contribution is -3.08. The first kappa shape index (κ1) is 17.9. The predicted octanol–water partition coefficient (Wildman–Crippen LogP) is 2.25. The summed E-state index contributed by atoms with van der Waals surface area (Å²) in [6, 6.07) is 13.9. The number of hydrogen-bond acceptors (Lipinski definition) is 2. The number of rotatable bonds is 7. The Labute approximate surface area is 140 Å². The van der Waals surface area contributed by atoms with Gasteiger partial charge in [0.1, 0.15) is 12.3 Å². The molecule has 0 heterocycles. The summed E-state index contributed by atoms with van der Waals surface area (Å²) in [5, 5.41) is 2.75. The van der Waals surface area contributed by atoms with Gasteiger partial charge in [0.15, 0.2) is 6.54 Å². The number of amides is 1. The Morgan fingerprint density at radius 1 is 1.17 bits per heavy atom. The van der Waals surface area contributed by atoms with E-state index in [1.165, 1.54) is 35.4 Å². The third-order valence-electron chi connectivity index (χ3n) is 3.58. The number of carbonyl (C=O) groups is 1. The molecule has 0 aliphatic rings. The second-order valence-corrected chi connectivity index (χ2v) is 5.69. The largest absolute Gasteiger partial charge is 0.435 e. The van der Waals surface area contributed by atoms with E-state index in [0.717, 1.165) is 11.4 Å². The molecule has 0 fully saturated rings. The van der Waals surface area contributed by atoms with E-state index in [2.05, 4.69) is 16.1 Å². The van der Waals surface area contributed by atoms with Gasteiger partial charge in [0.05, 0.1) is 7.05 Å². The number of anilines is 1. The van der Waals surface area contributed by atoms with Crippen molar-refractivity contribution in [1.29, 1.82) is 0 Å². The first-order valence-electron chi connectivity index (χ1n) is 7.64. The maximum Gasteiger partial charge on any atom is 0.387 e. The Morgan fingerprint density at radius 3 is 2.46 bits per heavy atom. The van der Waals surface area contributed by atoms with Crippen LogP contribution in [0.25, 0.3) is 0 Å². The van der Waals surface area contributed by atoms with Gasteiger partial charge in [-0.05, 0) is 36.8 Å². The van der Waals surface area contributed by atoms with Gasteiger partial charge >= 0.3 is 6.61 Å². The molecule has 4 nitrogen and oxygen atoms in total. The molecule has 1 unspecified atom stereocenters. The number of aryl methyl sites for hydroxylation is 1. The summed E-state index contributed by atoms with van der Waals surface area (Å²) in [5.74, 6) is -0.0751. The molecule has 2 N–H and O–H groups in total. The van der Waals surface area contributed by atoms with E-state index >= 15 is 0 Å². The highest BCUT2D eigenvalue weighted by atomic mass is 19.3. The van der Waals surface area contributed by atoms with Crippen molar-refractivity contribution in [2.24, 2.45) is 0 Å². The summed E-state index contributed by atoms with van der Waals surface area (Å²) in [5.41, 5.74) is 2.95. The van der Waals surface area contributed by atoms with Crippen LogP contribution in [0.15, 0.2) is 48.5 Å². The third-order valence-corrected chi connectivity index (χ3v) is 3.58. The first-order valence-corrected chi connectivity index (χ1v) is 7.64. The van der Waals surface area contributed by atoms with Crippen LogP contribution >= 0.6 is 0 Å². The Morgan fingerprint density at radius 2 is 1.83 bits per heavy atom. The lowest BCUT2D eigenvalue weighted by Gasteiger charge is -2.15. The fourth-order valence-electron chi connectivity index (χ4n) is 2.40. The highest BCUT2D eigenvalue weighted by Gasteiger charge is 2.12. The molecule has 0 aromatic heterocycles. The number of benzene rings is 2. The predicted molar refractivity (Wildman–Crippen MR) is 88.3 cm³/mol. The van der Waals surface area contributed by atoms with Gasteiger partial charge in [0, 0.05) is 11.3 Å². The van der Waals surface area contributed by atoms with Crippen molar-refractivity contribution >= 4 is 11.6 Å². The molecular formula is C18H21F2N2O2+. The van der Waals surface area contributed by atoms with Crippen molar-refractivity contribution in [3.05, 3.63) is 59.7 Å². The van der Waals surface area contributed by atoms with Crippen molar-refractivity contribution in [3.63, 3.8) is 0 Å². The minimum absolute atomic E-state index is 0.0605. The fourth-order valence-corrected chi connectivity index (χ4v) is 2.40. The van der Waals surface area contributed by atoms with Gasteiger partial charge in [-0.3, -0.25) is 4.79 Å². The molecule has 2 aromatic carbocycles. The van der Waals surface area contributed by atoms with E-state index < -0.39 is 6.61 Å². The molecule has 2 rings (SSSR count). The minimum Gasteiger partial charge on any atom is -0.435 e. The molecular weight excluding hydrogens is 314 g/mol. The number of nitrogens with one attached hydrogen (secondary N) is 2. The number of quaternary nitrogens is 1. The maximum absolute atomic E-state index is 12.1. The normalized spacial score (nSPS) is 12.0. The van der Waals surface area contributed by atoms with Crippen molar-refractivity contribution in [1.82, 2.24) is 0 Å². The second-order valence-electron chi connectivity index (χ2n) is 5.69. The Kier molecular flexibility index (Phi) is 6.26. The van der Waals surface area contributed by atoms with Crippen LogP contribution in [0.2, 0.25) is 0 Å². The minimum atomic E-state index is -2.86. The van der Waals surface area contributed by atoms with Gasteiger partial charge in [-0.15, -0.1) is 0 Å². The van der Waals surface area contributed by atoms with Crippen LogP contribution in [0, 0.1) is 6.92 Å². The first-order chi connectivity index (χ1) is 11.4. The molecule has 0 bridgehead atoms. The summed E-state index contributed by atoms with van der Waals surface area (Å²) < 4.78 is 28.4. The number of halogens is 2. The summed E-state index contributed by atoms with van der Waals surface area (Å²) in [6.07, 6.45) is 0. The number of hydrogen-bond donors (Lipinski definition) is 2. The number of likely N-dealkylation sites (N-methyl/N-ethyl adjacent to an activating group) is 1. The van der Waals surface area contributed by atoms with Crippen LogP contribution in [0.5, 0.6) is 5.75 Å². The number of ether oxygens (including phenoxy) is 1. The zero-order chi connectivity index (χ0) is 17.5. The van der Waals surface area contributed by atoms with Crippen LogP contribution in [0.3, 0.4) is 0 Å². The Balaban J connectivity index is 1.85. The molecule has 0 aliphatic carbocycles. The second kappa shape index (κ2) is 8.40. The molecule has 0 aliphatic heterocycles. The molecule has 0 saturated carbocycles. The van der Waals surface area contributed by atoms with Gasteiger partial charge in [-0.2, -0.15) is 8.78 Å². The maximum atomic E-state index is 12.1. The highest BCUT2D eigenvalue weighted by Crippen LogP contribution is 2.17. The summed E-state index contributed by atoms with van der Waals surface area (Å²) in [7, 11) is 1.95. The van der Waals surface area contributed by atoms with Gasteiger partial charge in [0.25, 0.3) is 5.91 Å². The molecule has 2 aromatic rings. The zero-order valence-corrected chi connectivity index (χ0v) is 13.7. The smallest absolute Gasteiger partial charge is 0.387 e. The van der Waals surface area contributed by atoms with E-state index in [1.54, 1.807) is 0 Å². The summed E-state index contributed by atoms with van der Waals surface area (Å²) >= 11 is 0.